The fourth-order valence-electron chi connectivity index (χ4n) is 1.47. The molecule has 14 heavy (non-hydrogen) atoms. The predicted octanol–water partition coefficient (Wildman–Crippen LogP) is 2.03. The van der Waals surface area contributed by atoms with E-state index in [1.807, 2.05) is 6.20 Å². The van der Waals surface area contributed by atoms with Crippen molar-refractivity contribution in [1.29, 1.82) is 0 Å². The van der Waals surface area contributed by atoms with Crippen LogP contribution in [-0.4, -0.2) is 20.6 Å². The van der Waals surface area contributed by atoms with Crippen LogP contribution in [0.15, 0.2) is 23.1 Å². The summed E-state index contributed by atoms with van der Waals surface area (Å²) in [7, 11) is 1.81. The molecule has 0 spiro atoms. The first-order valence-electron chi connectivity index (χ1n) is 3.93. The third kappa shape index (κ3) is 1.21. The van der Waals surface area contributed by atoms with Crippen LogP contribution in [0.25, 0.3) is 10.9 Å². The van der Waals surface area contributed by atoms with Crippen molar-refractivity contribution in [3.05, 3.63) is 28.6 Å². The lowest BCUT2D eigenvalue weighted by molar-refractivity contribution is 0.0698. The van der Waals surface area contributed by atoms with Gasteiger partial charge in [0.2, 0.25) is 0 Å². The molecule has 0 atom stereocenters. The van der Waals surface area contributed by atoms with Gasteiger partial charge in [-0.3, -0.25) is 4.98 Å². The molecule has 0 aliphatic rings. The first-order valence-corrected chi connectivity index (χ1v) is 4.72. The summed E-state index contributed by atoms with van der Waals surface area (Å²) in [4.78, 5) is 14.8. The van der Waals surface area contributed by atoms with Gasteiger partial charge >= 0.3 is 5.97 Å². The molecule has 4 nitrogen and oxygen atoms in total. The molecular formula is C9H7BrN2O2. The monoisotopic (exact) mass is 254 g/mol. The van der Waals surface area contributed by atoms with Gasteiger partial charge in [-0.1, -0.05) is 0 Å². The minimum absolute atomic E-state index is 0.218. The number of carboxylic acids is 1. The van der Waals surface area contributed by atoms with Crippen molar-refractivity contribution >= 4 is 32.8 Å². The number of halogens is 1. The van der Waals surface area contributed by atoms with Crippen LogP contribution in [0.1, 0.15) is 10.4 Å². The lowest BCUT2D eigenvalue weighted by Gasteiger charge is -1.99. The van der Waals surface area contributed by atoms with E-state index >= 15 is 0 Å². The molecule has 0 fully saturated rings. The number of rotatable bonds is 1. The second kappa shape index (κ2) is 3.09. The van der Waals surface area contributed by atoms with Gasteiger partial charge in [0.25, 0.3) is 0 Å². The molecule has 2 heterocycles. The van der Waals surface area contributed by atoms with Crippen LogP contribution in [0.5, 0.6) is 0 Å². The average molecular weight is 255 g/mol. The van der Waals surface area contributed by atoms with Crippen molar-refractivity contribution < 1.29 is 9.90 Å². The van der Waals surface area contributed by atoms with Crippen molar-refractivity contribution in [3.63, 3.8) is 0 Å². The van der Waals surface area contributed by atoms with E-state index in [0.717, 1.165) is 9.86 Å². The van der Waals surface area contributed by atoms with E-state index in [9.17, 15) is 4.79 Å². The second-order valence-corrected chi connectivity index (χ2v) is 3.83. The maximum Gasteiger partial charge on any atom is 0.339 e. The number of hydrogen-bond donors (Lipinski definition) is 1. The molecule has 0 aromatic carbocycles. The summed E-state index contributed by atoms with van der Waals surface area (Å²) >= 11 is 3.35. The Morgan fingerprint density at radius 2 is 2.29 bits per heavy atom. The lowest BCUT2D eigenvalue weighted by atomic mass is 10.2. The highest BCUT2D eigenvalue weighted by atomic mass is 79.9. The number of aryl methyl sites for hydroxylation is 1. The van der Waals surface area contributed by atoms with Crippen LogP contribution >= 0.6 is 15.9 Å². The maximum absolute atomic E-state index is 10.9. The fraction of sp³-hybridized carbons (Fsp3) is 0.111. The summed E-state index contributed by atoms with van der Waals surface area (Å²) in [6.45, 7) is 0. The molecular weight excluding hydrogens is 248 g/mol. The summed E-state index contributed by atoms with van der Waals surface area (Å²) < 4.78 is 2.62. The standard InChI is InChI=1S/C9H7BrN2O2/c1-12-4-7(10)5-2-11-3-6(8(5)12)9(13)14/h2-4H,1H3,(H,13,14). The molecule has 0 aliphatic carbocycles. The van der Waals surface area contributed by atoms with E-state index < -0.39 is 5.97 Å². The van der Waals surface area contributed by atoms with Gasteiger partial charge in [-0.2, -0.15) is 0 Å². The van der Waals surface area contributed by atoms with Gasteiger partial charge in [-0.05, 0) is 15.9 Å². The van der Waals surface area contributed by atoms with Crippen LogP contribution in [0.2, 0.25) is 0 Å². The van der Waals surface area contributed by atoms with Crippen molar-refractivity contribution in [2.45, 2.75) is 0 Å². The number of nitrogens with zero attached hydrogens (tertiary/aromatic N) is 2. The van der Waals surface area contributed by atoms with E-state index in [1.165, 1.54) is 6.20 Å². The predicted molar refractivity (Wildman–Crippen MR) is 55.4 cm³/mol. The first-order chi connectivity index (χ1) is 6.61. The number of pyridine rings is 1. The molecule has 0 saturated carbocycles. The Labute approximate surface area is 88.3 Å². The molecule has 1 N–H and O–H groups in total. The van der Waals surface area contributed by atoms with Crippen molar-refractivity contribution in [3.8, 4) is 0 Å². The molecule has 0 radical (unpaired) electrons. The normalized spacial score (nSPS) is 10.7. The highest BCUT2D eigenvalue weighted by Gasteiger charge is 2.13. The molecule has 0 bridgehead atoms. The van der Waals surface area contributed by atoms with E-state index in [2.05, 4.69) is 20.9 Å². The number of carbonyl (C=O) groups is 1. The Hall–Kier alpha value is -1.36. The highest BCUT2D eigenvalue weighted by Crippen LogP contribution is 2.26. The zero-order valence-corrected chi connectivity index (χ0v) is 8.95. The molecule has 5 heteroatoms. The number of aromatic nitrogens is 2. The van der Waals surface area contributed by atoms with Gasteiger partial charge in [0.1, 0.15) is 5.56 Å². The summed E-state index contributed by atoms with van der Waals surface area (Å²) in [6, 6.07) is 0. The SMILES string of the molecule is Cn1cc(Br)c2cncc(C(=O)O)c21. The van der Waals surface area contributed by atoms with Crippen LogP contribution in [0.4, 0.5) is 0 Å². The molecule has 2 aromatic rings. The topological polar surface area (TPSA) is 55.1 Å². The number of carboxylic acid groups (broad SMARTS) is 1. The average Bonchev–Trinajstić information content (AvgIpc) is 2.43. The van der Waals surface area contributed by atoms with Crippen molar-refractivity contribution in [2.24, 2.45) is 7.05 Å². The van der Waals surface area contributed by atoms with Crippen LogP contribution < -0.4 is 0 Å². The second-order valence-electron chi connectivity index (χ2n) is 2.98. The molecule has 2 aromatic heterocycles. The lowest BCUT2D eigenvalue weighted by Crippen LogP contribution is -2.00. The summed E-state index contributed by atoms with van der Waals surface area (Å²) in [5.41, 5.74) is 0.898. The minimum atomic E-state index is -0.961. The Morgan fingerprint density at radius 3 is 2.93 bits per heavy atom. The number of aromatic carboxylic acids is 1. The zero-order valence-electron chi connectivity index (χ0n) is 7.36. The van der Waals surface area contributed by atoms with Crippen LogP contribution in [0, 0.1) is 0 Å². The summed E-state index contributed by atoms with van der Waals surface area (Å²) in [6.07, 6.45) is 4.82. The molecule has 0 amide bonds. The molecule has 0 unspecified atom stereocenters. The third-order valence-electron chi connectivity index (χ3n) is 2.06. The van der Waals surface area contributed by atoms with E-state index in [1.54, 1.807) is 17.8 Å². The zero-order chi connectivity index (χ0) is 10.3. The first kappa shape index (κ1) is 9.21. The van der Waals surface area contributed by atoms with Gasteiger partial charge in [0, 0.05) is 35.5 Å². The number of fused-ring (bicyclic) bond motifs is 1. The Bertz CT molecular complexity index is 519. The third-order valence-corrected chi connectivity index (χ3v) is 2.70. The molecule has 2 rings (SSSR count). The van der Waals surface area contributed by atoms with Gasteiger partial charge in [0.15, 0.2) is 0 Å². The smallest absolute Gasteiger partial charge is 0.339 e. The van der Waals surface area contributed by atoms with Crippen molar-refractivity contribution in [2.75, 3.05) is 0 Å². The summed E-state index contributed by atoms with van der Waals surface area (Å²) in [5.74, 6) is -0.961. The Morgan fingerprint density at radius 1 is 1.57 bits per heavy atom. The largest absolute Gasteiger partial charge is 0.478 e. The molecule has 0 saturated heterocycles. The van der Waals surface area contributed by atoms with Gasteiger partial charge in [0.05, 0.1) is 5.52 Å². The van der Waals surface area contributed by atoms with Gasteiger partial charge in [-0.15, -0.1) is 0 Å². The highest BCUT2D eigenvalue weighted by molar-refractivity contribution is 9.10. The molecule has 0 aliphatic heterocycles. The quantitative estimate of drug-likeness (QED) is 0.848. The van der Waals surface area contributed by atoms with E-state index in [-0.39, 0.29) is 5.56 Å². The number of hydrogen-bond acceptors (Lipinski definition) is 2. The fourth-order valence-corrected chi connectivity index (χ4v) is 2.07. The van der Waals surface area contributed by atoms with E-state index in [0.29, 0.717) is 5.52 Å². The van der Waals surface area contributed by atoms with Gasteiger partial charge < -0.3 is 9.67 Å². The van der Waals surface area contributed by atoms with Crippen LogP contribution in [-0.2, 0) is 7.05 Å². The van der Waals surface area contributed by atoms with Crippen molar-refractivity contribution in [1.82, 2.24) is 9.55 Å². The molecule has 72 valence electrons. The summed E-state index contributed by atoms with van der Waals surface area (Å²) in [5, 5.41) is 9.76. The van der Waals surface area contributed by atoms with Crippen LogP contribution in [0.3, 0.4) is 0 Å². The minimum Gasteiger partial charge on any atom is -0.478 e. The maximum atomic E-state index is 10.9. The van der Waals surface area contributed by atoms with E-state index in [4.69, 9.17) is 5.11 Å². The van der Waals surface area contributed by atoms with Gasteiger partial charge in [-0.25, -0.2) is 4.79 Å². The Balaban J connectivity index is 2.92. The Kier molecular flexibility index (Phi) is 2.03.